The maximum Gasteiger partial charge on any atom is 0.226 e. The molecule has 0 radical (unpaired) electrons. The van der Waals surface area contributed by atoms with Gasteiger partial charge in [0.15, 0.2) is 0 Å². The highest BCUT2D eigenvalue weighted by atomic mass is 16.3. The summed E-state index contributed by atoms with van der Waals surface area (Å²) < 4.78 is 5.53. The van der Waals surface area contributed by atoms with E-state index < -0.39 is 0 Å². The van der Waals surface area contributed by atoms with Crippen LogP contribution in [0.15, 0.2) is 53.1 Å². The van der Waals surface area contributed by atoms with Crippen molar-refractivity contribution >= 4 is 5.91 Å². The molecule has 2 aliphatic rings. The van der Waals surface area contributed by atoms with Gasteiger partial charge in [0.25, 0.3) is 0 Å². The van der Waals surface area contributed by atoms with Crippen molar-refractivity contribution in [3.8, 4) is 0 Å². The van der Waals surface area contributed by atoms with E-state index in [9.17, 15) is 4.79 Å². The molecule has 4 nitrogen and oxygen atoms in total. The Hall–Kier alpha value is -2.07. The first kappa shape index (κ1) is 16.4. The summed E-state index contributed by atoms with van der Waals surface area (Å²) in [7, 11) is 2.15. The Morgan fingerprint density at radius 2 is 1.92 bits per heavy atom. The van der Waals surface area contributed by atoms with Crippen LogP contribution in [0.2, 0.25) is 0 Å². The molecule has 132 valence electrons. The molecule has 1 aliphatic heterocycles. The lowest BCUT2D eigenvalue weighted by Gasteiger charge is -2.37. The van der Waals surface area contributed by atoms with Crippen LogP contribution in [0, 0.1) is 5.92 Å². The molecule has 4 rings (SSSR count). The van der Waals surface area contributed by atoms with Crippen molar-refractivity contribution in [1.29, 1.82) is 0 Å². The molecular formula is C21H26N2O2. The summed E-state index contributed by atoms with van der Waals surface area (Å²) in [4.78, 5) is 17.7. The van der Waals surface area contributed by atoms with Crippen LogP contribution in [0.5, 0.6) is 0 Å². The van der Waals surface area contributed by atoms with Crippen LogP contribution >= 0.6 is 0 Å². The zero-order valence-electron chi connectivity index (χ0n) is 14.8. The fourth-order valence-electron chi connectivity index (χ4n) is 4.01. The van der Waals surface area contributed by atoms with Crippen LogP contribution < -0.4 is 0 Å². The molecule has 2 aromatic rings. The molecule has 1 aromatic heterocycles. The molecule has 2 fully saturated rings. The fraction of sp³-hybridized carbons (Fsp3) is 0.476. The van der Waals surface area contributed by atoms with Gasteiger partial charge in [-0.05, 0) is 63.0 Å². The largest absolute Gasteiger partial charge is 0.467 e. The standard InChI is InChI=1S/C21H26N2O2/c1-22-11-9-17(10-12-22)23(15-18-8-5-13-25-18)21(24)20-14-19(20)16-6-3-2-4-7-16/h2-8,13,17,19-20H,9-12,14-15H2,1H3/t19-,20-/m1/s1. The SMILES string of the molecule is CN1CCC(N(Cc2ccco2)C(=O)[C@@H]2C[C@@H]2c2ccccc2)CC1. The number of benzene rings is 1. The highest BCUT2D eigenvalue weighted by molar-refractivity contribution is 5.83. The average molecular weight is 338 g/mol. The van der Waals surface area contributed by atoms with E-state index in [4.69, 9.17) is 4.42 Å². The van der Waals surface area contributed by atoms with Crippen molar-refractivity contribution in [3.05, 3.63) is 60.1 Å². The number of rotatable bonds is 5. The topological polar surface area (TPSA) is 36.7 Å². The number of amides is 1. The maximum atomic E-state index is 13.3. The third kappa shape index (κ3) is 3.64. The molecule has 0 bridgehead atoms. The molecule has 1 aliphatic carbocycles. The van der Waals surface area contributed by atoms with E-state index in [1.54, 1.807) is 6.26 Å². The summed E-state index contributed by atoms with van der Waals surface area (Å²) in [5.74, 6) is 1.71. The lowest BCUT2D eigenvalue weighted by atomic mass is 10.0. The van der Waals surface area contributed by atoms with E-state index >= 15 is 0 Å². The van der Waals surface area contributed by atoms with Crippen molar-refractivity contribution < 1.29 is 9.21 Å². The summed E-state index contributed by atoms with van der Waals surface area (Å²) in [5.41, 5.74) is 1.29. The zero-order chi connectivity index (χ0) is 17.2. The molecule has 1 saturated heterocycles. The minimum atomic E-state index is 0.136. The smallest absolute Gasteiger partial charge is 0.226 e. The van der Waals surface area contributed by atoms with Crippen LogP contribution in [0.1, 0.15) is 36.5 Å². The Labute approximate surface area is 149 Å². The molecule has 2 heterocycles. The molecule has 2 atom stereocenters. The normalized spacial score (nSPS) is 24.2. The van der Waals surface area contributed by atoms with Crippen LogP contribution in [-0.4, -0.2) is 41.9 Å². The van der Waals surface area contributed by atoms with Crippen molar-refractivity contribution in [3.63, 3.8) is 0 Å². The first-order valence-corrected chi connectivity index (χ1v) is 9.28. The van der Waals surface area contributed by atoms with Crippen LogP contribution in [0.3, 0.4) is 0 Å². The van der Waals surface area contributed by atoms with Gasteiger partial charge in [-0.2, -0.15) is 0 Å². The summed E-state index contributed by atoms with van der Waals surface area (Å²) in [6.45, 7) is 2.71. The molecule has 0 N–H and O–H groups in total. The number of likely N-dealkylation sites (tertiary alicyclic amines) is 1. The van der Waals surface area contributed by atoms with E-state index in [2.05, 4.69) is 41.1 Å². The highest BCUT2D eigenvalue weighted by Crippen LogP contribution is 2.49. The van der Waals surface area contributed by atoms with E-state index in [0.717, 1.165) is 38.1 Å². The first-order chi connectivity index (χ1) is 12.2. The Morgan fingerprint density at radius 1 is 1.16 bits per heavy atom. The first-order valence-electron chi connectivity index (χ1n) is 9.28. The van der Waals surface area contributed by atoms with Gasteiger partial charge in [0.05, 0.1) is 12.8 Å². The Morgan fingerprint density at radius 3 is 2.60 bits per heavy atom. The second-order valence-corrected chi connectivity index (χ2v) is 7.44. The van der Waals surface area contributed by atoms with Crippen molar-refractivity contribution in [2.24, 2.45) is 5.92 Å². The molecular weight excluding hydrogens is 312 g/mol. The monoisotopic (exact) mass is 338 g/mol. The fourth-order valence-corrected chi connectivity index (χ4v) is 4.01. The lowest BCUT2D eigenvalue weighted by Crippen LogP contribution is -2.46. The van der Waals surface area contributed by atoms with Gasteiger partial charge in [-0.3, -0.25) is 4.79 Å². The second-order valence-electron chi connectivity index (χ2n) is 7.44. The molecule has 0 spiro atoms. The average Bonchev–Trinajstić information content (AvgIpc) is 3.29. The van der Waals surface area contributed by atoms with Gasteiger partial charge in [0.2, 0.25) is 5.91 Å². The third-order valence-corrected chi connectivity index (χ3v) is 5.65. The van der Waals surface area contributed by atoms with Crippen LogP contribution in [0.25, 0.3) is 0 Å². The number of carbonyl (C=O) groups excluding carboxylic acids is 1. The number of nitrogens with zero attached hydrogens (tertiary/aromatic N) is 2. The molecule has 4 heteroatoms. The predicted octanol–water partition coefficient (Wildman–Crippen LogP) is 3.51. The summed E-state index contributed by atoms with van der Waals surface area (Å²) in [5, 5.41) is 0. The Bertz CT molecular complexity index is 690. The van der Waals surface area contributed by atoms with Gasteiger partial charge in [0.1, 0.15) is 5.76 Å². The number of carbonyl (C=O) groups is 1. The van der Waals surface area contributed by atoms with Crippen LogP contribution in [-0.2, 0) is 11.3 Å². The van der Waals surface area contributed by atoms with Gasteiger partial charge < -0.3 is 14.2 Å². The second kappa shape index (κ2) is 7.04. The Balaban J connectivity index is 1.48. The molecule has 1 amide bonds. The number of piperidine rings is 1. The number of hydrogen-bond acceptors (Lipinski definition) is 3. The summed E-state index contributed by atoms with van der Waals surface area (Å²) >= 11 is 0. The summed E-state index contributed by atoms with van der Waals surface area (Å²) in [6, 6.07) is 14.6. The maximum absolute atomic E-state index is 13.3. The number of hydrogen-bond donors (Lipinski definition) is 0. The van der Waals surface area contributed by atoms with Gasteiger partial charge >= 0.3 is 0 Å². The quantitative estimate of drug-likeness (QED) is 0.837. The van der Waals surface area contributed by atoms with Gasteiger partial charge in [0, 0.05) is 12.0 Å². The Kier molecular flexibility index (Phi) is 4.62. The molecule has 1 aromatic carbocycles. The highest BCUT2D eigenvalue weighted by Gasteiger charge is 2.47. The van der Waals surface area contributed by atoms with Gasteiger partial charge in [-0.15, -0.1) is 0 Å². The van der Waals surface area contributed by atoms with Crippen molar-refractivity contribution in [2.75, 3.05) is 20.1 Å². The number of furan rings is 1. The van der Waals surface area contributed by atoms with Crippen LogP contribution in [0.4, 0.5) is 0 Å². The third-order valence-electron chi connectivity index (χ3n) is 5.65. The van der Waals surface area contributed by atoms with E-state index in [-0.39, 0.29) is 5.92 Å². The lowest BCUT2D eigenvalue weighted by molar-refractivity contribution is -0.137. The molecule has 0 unspecified atom stereocenters. The minimum Gasteiger partial charge on any atom is -0.467 e. The van der Waals surface area contributed by atoms with Crippen molar-refractivity contribution in [1.82, 2.24) is 9.80 Å². The van der Waals surface area contributed by atoms with E-state index in [1.165, 1.54) is 5.56 Å². The predicted molar refractivity (Wildman–Crippen MR) is 97.1 cm³/mol. The molecule has 25 heavy (non-hydrogen) atoms. The van der Waals surface area contributed by atoms with Gasteiger partial charge in [-0.1, -0.05) is 30.3 Å². The summed E-state index contributed by atoms with van der Waals surface area (Å²) in [6.07, 6.45) is 4.76. The molecule has 1 saturated carbocycles. The minimum absolute atomic E-state index is 0.136. The zero-order valence-corrected chi connectivity index (χ0v) is 14.8. The van der Waals surface area contributed by atoms with E-state index in [0.29, 0.717) is 24.4 Å². The van der Waals surface area contributed by atoms with Crippen molar-refractivity contribution in [2.45, 2.75) is 37.8 Å². The van der Waals surface area contributed by atoms with E-state index in [1.807, 2.05) is 18.2 Å². The van der Waals surface area contributed by atoms with Gasteiger partial charge in [-0.25, -0.2) is 0 Å².